The summed E-state index contributed by atoms with van der Waals surface area (Å²) in [5, 5.41) is 16.7. The van der Waals surface area contributed by atoms with E-state index in [2.05, 4.69) is 15.4 Å². The monoisotopic (exact) mass is 456 g/mol. The number of aromatic nitrogens is 3. The number of anilines is 1. The molecule has 0 bridgehead atoms. The van der Waals surface area contributed by atoms with Crippen molar-refractivity contribution in [1.29, 1.82) is 0 Å². The minimum atomic E-state index is -1.27. The van der Waals surface area contributed by atoms with Crippen molar-refractivity contribution in [2.24, 2.45) is 7.05 Å². The number of halogens is 2. The number of nitrogens with zero attached hydrogens (tertiary/aromatic N) is 3. The van der Waals surface area contributed by atoms with Gasteiger partial charge in [0.05, 0.1) is 28.9 Å². The number of carboxylic acids is 1. The highest BCUT2D eigenvalue weighted by molar-refractivity contribution is 6.29. The fourth-order valence-electron chi connectivity index (χ4n) is 3.54. The van der Waals surface area contributed by atoms with E-state index in [1.165, 1.54) is 18.2 Å². The van der Waals surface area contributed by atoms with Gasteiger partial charge in [0.2, 0.25) is 0 Å². The third-order valence-electron chi connectivity index (χ3n) is 5.08. The summed E-state index contributed by atoms with van der Waals surface area (Å²) in [4.78, 5) is 28.4. The van der Waals surface area contributed by atoms with Crippen molar-refractivity contribution in [3.05, 3.63) is 74.7 Å². The minimum absolute atomic E-state index is 0.0272. The molecule has 3 heterocycles. The lowest BCUT2D eigenvalue weighted by molar-refractivity contribution is 0.0691. The number of rotatable bonds is 5. The highest BCUT2D eigenvalue weighted by atomic mass is 35.5. The Morgan fingerprint density at radius 1 is 1.34 bits per heavy atom. The fourth-order valence-corrected chi connectivity index (χ4v) is 3.69. The van der Waals surface area contributed by atoms with Gasteiger partial charge < -0.3 is 14.8 Å². The first-order chi connectivity index (χ1) is 15.2. The first kappa shape index (κ1) is 21.5. The number of aromatic carboxylic acids is 1. The van der Waals surface area contributed by atoms with Gasteiger partial charge in [-0.05, 0) is 38.1 Å². The minimum Gasteiger partial charge on any atom is -0.476 e. The van der Waals surface area contributed by atoms with Crippen molar-refractivity contribution in [2.75, 3.05) is 5.32 Å². The van der Waals surface area contributed by atoms with E-state index in [0.29, 0.717) is 22.5 Å². The summed E-state index contributed by atoms with van der Waals surface area (Å²) >= 11 is 5.81. The Kier molecular flexibility index (Phi) is 5.43. The Morgan fingerprint density at radius 3 is 2.75 bits per heavy atom. The van der Waals surface area contributed by atoms with Gasteiger partial charge in [-0.3, -0.25) is 9.48 Å². The molecule has 0 aliphatic carbocycles. The van der Waals surface area contributed by atoms with Crippen LogP contribution in [0.2, 0.25) is 5.15 Å². The number of carboxylic acid groups (broad SMARTS) is 1. The molecule has 1 aromatic carbocycles. The Labute approximate surface area is 186 Å². The fraction of sp³-hybridized carbons (Fsp3) is 0.182. The van der Waals surface area contributed by atoms with E-state index < -0.39 is 17.8 Å². The molecule has 0 saturated heterocycles. The number of fused-ring (bicyclic) bond motifs is 1. The maximum atomic E-state index is 14.4. The molecule has 8 nitrogen and oxygen atoms in total. The van der Waals surface area contributed by atoms with E-state index in [-0.39, 0.29) is 32.9 Å². The largest absolute Gasteiger partial charge is 0.476 e. The molecule has 0 amide bonds. The summed E-state index contributed by atoms with van der Waals surface area (Å²) in [6, 6.07) is 4.65. The second kappa shape index (κ2) is 8.08. The van der Waals surface area contributed by atoms with Gasteiger partial charge >= 0.3 is 5.97 Å². The molecular weight excluding hydrogens is 439 g/mol. The van der Waals surface area contributed by atoms with Crippen molar-refractivity contribution >= 4 is 34.2 Å². The quantitative estimate of drug-likeness (QED) is 0.423. The molecule has 3 aromatic heterocycles. The predicted molar refractivity (Wildman–Crippen MR) is 118 cm³/mol. The molecule has 1 unspecified atom stereocenters. The molecule has 1 atom stereocenters. The van der Waals surface area contributed by atoms with E-state index in [4.69, 9.17) is 16.0 Å². The Balaban J connectivity index is 1.88. The molecular formula is C22H18ClFN4O4. The normalized spacial score (nSPS) is 12.2. The van der Waals surface area contributed by atoms with Crippen molar-refractivity contribution < 1.29 is 18.7 Å². The van der Waals surface area contributed by atoms with Gasteiger partial charge in [-0.2, -0.15) is 5.10 Å². The standard InChI is InChI=1S/C22H18ClFN4O4/c1-10-19(29)15-7-13(24)6-14(21(15)32-20(10)12-8-25-28(3)9-12)11(2)26-16-4-5-17(23)27-18(16)22(30)31/h4-9,11,26H,1-3H3,(H,30,31). The van der Waals surface area contributed by atoms with E-state index in [1.54, 1.807) is 38.0 Å². The maximum absolute atomic E-state index is 14.4. The molecule has 2 N–H and O–H groups in total. The molecule has 0 saturated carbocycles. The third-order valence-corrected chi connectivity index (χ3v) is 5.29. The number of hydrogen-bond donors (Lipinski definition) is 2. The Morgan fingerprint density at radius 2 is 2.09 bits per heavy atom. The zero-order valence-electron chi connectivity index (χ0n) is 17.3. The molecule has 164 valence electrons. The molecule has 0 spiro atoms. The van der Waals surface area contributed by atoms with E-state index in [0.717, 1.165) is 6.07 Å². The van der Waals surface area contributed by atoms with Crippen LogP contribution in [0.3, 0.4) is 0 Å². The topological polar surface area (TPSA) is 110 Å². The first-order valence-corrected chi connectivity index (χ1v) is 9.95. The third kappa shape index (κ3) is 3.82. The molecule has 0 fully saturated rings. The number of pyridine rings is 1. The van der Waals surface area contributed by atoms with Gasteiger partial charge in [-0.15, -0.1) is 0 Å². The lowest BCUT2D eigenvalue weighted by Crippen LogP contribution is -2.14. The summed E-state index contributed by atoms with van der Waals surface area (Å²) in [5.41, 5.74) is 1.02. The van der Waals surface area contributed by atoms with Gasteiger partial charge in [0.15, 0.2) is 11.1 Å². The lowest BCUT2D eigenvalue weighted by Gasteiger charge is -2.19. The van der Waals surface area contributed by atoms with Crippen LogP contribution in [0.5, 0.6) is 0 Å². The van der Waals surface area contributed by atoms with Crippen LogP contribution in [0, 0.1) is 12.7 Å². The average Bonchev–Trinajstić information content (AvgIpc) is 3.17. The number of benzene rings is 1. The molecule has 32 heavy (non-hydrogen) atoms. The van der Waals surface area contributed by atoms with Gasteiger partial charge in [0.25, 0.3) is 0 Å². The zero-order valence-corrected chi connectivity index (χ0v) is 18.1. The van der Waals surface area contributed by atoms with Crippen LogP contribution in [0.1, 0.15) is 34.6 Å². The molecule has 4 rings (SSSR count). The van der Waals surface area contributed by atoms with Crippen molar-refractivity contribution in [3.63, 3.8) is 0 Å². The van der Waals surface area contributed by atoms with E-state index in [9.17, 15) is 19.1 Å². The van der Waals surface area contributed by atoms with Crippen molar-refractivity contribution in [1.82, 2.24) is 14.8 Å². The molecule has 10 heteroatoms. The molecule has 4 aromatic rings. The van der Waals surface area contributed by atoms with Crippen LogP contribution in [-0.4, -0.2) is 25.8 Å². The summed E-state index contributed by atoms with van der Waals surface area (Å²) in [6.45, 7) is 3.30. The van der Waals surface area contributed by atoms with Gasteiger partial charge in [-0.25, -0.2) is 14.2 Å². The number of nitrogens with one attached hydrogen (secondary N) is 1. The van der Waals surface area contributed by atoms with Crippen molar-refractivity contribution in [2.45, 2.75) is 19.9 Å². The Bertz CT molecular complexity index is 1430. The van der Waals surface area contributed by atoms with Crippen LogP contribution in [0.4, 0.5) is 10.1 Å². The number of aryl methyl sites for hydroxylation is 1. The van der Waals surface area contributed by atoms with Crippen LogP contribution in [0.15, 0.2) is 45.9 Å². The smallest absolute Gasteiger partial charge is 0.356 e. The highest BCUT2D eigenvalue weighted by Crippen LogP contribution is 2.32. The van der Waals surface area contributed by atoms with E-state index in [1.807, 2.05) is 0 Å². The highest BCUT2D eigenvalue weighted by Gasteiger charge is 2.22. The van der Waals surface area contributed by atoms with Crippen LogP contribution >= 0.6 is 11.6 Å². The lowest BCUT2D eigenvalue weighted by atomic mass is 10.0. The van der Waals surface area contributed by atoms with Crippen molar-refractivity contribution in [3.8, 4) is 11.3 Å². The second-order valence-electron chi connectivity index (χ2n) is 7.36. The molecule has 0 aliphatic rings. The van der Waals surface area contributed by atoms with Gasteiger partial charge in [-0.1, -0.05) is 11.6 Å². The number of hydrogen-bond acceptors (Lipinski definition) is 6. The Hall–Kier alpha value is -3.72. The number of carbonyl (C=O) groups is 1. The van der Waals surface area contributed by atoms with Crippen LogP contribution in [-0.2, 0) is 7.05 Å². The SMILES string of the molecule is Cc1c(-c2cnn(C)c2)oc2c(C(C)Nc3ccc(Cl)nc3C(=O)O)cc(F)cc2c1=O. The average molecular weight is 457 g/mol. The molecule has 0 aliphatic heterocycles. The second-order valence-corrected chi connectivity index (χ2v) is 7.75. The summed E-state index contributed by atoms with van der Waals surface area (Å²) in [7, 11) is 1.74. The van der Waals surface area contributed by atoms with Gasteiger partial charge in [0, 0.05) is 24.4 Å². The van der Waals surface area contributed by atoms with Gasteiger partial charge in [0.1, 0.15) is 22.3 Å². The predicted octanol–water partition coefficient (Wildman–Crippen LogP) is 4.56. The van der Waals surface area contributed by atoms with E-state index >= 15 is 0 Å². The van der Waals surface area contributed by atoms with Crippen LogP contribution < -0.4 is 10.7 Å². The maximum Gasteiger partial charge on any atom is 0.356 e. The summed E-state index contributed by atoms with van der Waals surface area (Å²) in [6.07, 6.45) is 3.28. The zero-order chi connectivity index (χ0) is 23.2. The van der Waals surface area contributed by atoms with Crippen LogP contribution in [0.25, 0.3) is 22.3 Å². The molecule has 0 radical (unpaired) electrons. The summed E-state index contributed by atoms with van der Waals surface area (Å²) < 4.78 is 22.1. The summed E-state index contributed by atoms with van der Waals surface area (Å²) in [5.74, 6) is -1.56. The first-order valence-electron chi connectivity index (χ1n) is 9.58.